The van der Waals surface area contributed by atoms with Crippen molar-refractivity contribution in [2.75, 3.05) is 5.32 Å². The first-order chi connectivity index (χ1) is 10.8. The predicted molar refractivity (Wildman–Crippen MR) is 77.8 cm³/mol. The standard InChI is InChI=1S/C15H13N5O2/c21-14(10-8-9(10)12-5-3-7-22-12)18-15-17-13(19-20-15)11-4-1-2-6-16-11/h1-7,9-10H,8H2,(H2,17,18,19,20,21)/t9-,10-/m0/s1. The lowest BCUT2D eigenvalue weighted by Crippen LogP contribution is -2.15. The van der Waals surface area contributed by atoms with Gasteiger partial charge < -0.3 is 4.42 Å². The van der Waals surface area contributed by atoms with Gasteiger partial charge in [0, 0.05) is 18.0 Å². The quantitative estimate of drug-likeness (QED) is 0.769. The predicted octanol–water partition coefficient (Wildman–Crippen LogP) is 2.20. The summed E-state index contributed by atoms with van der Waals surface area (Å²) in [5, 5.41) is 9.49. The molecular weight excluding hydrogens is 282 g/mol. The molecule has 22 heavy (non-hydrogen) atoms. The van der Waals surface area contributed by atoms with Crippen molar-refractivity contribution < 1.29 is 9.21 Å². The number of nitrogens with zero attached hydrogens (tertiary/aromatic N) is 3. The Morgan fingerprint density at radius 3 is 3.05 bits per heavy atom. The molecule has 3 heterocycles. The second kappa shape index (κ2) is 5.10. The van der Waals surface area contributed by atoms with Crippen LogP contribution in [0.3, 0.4) is 0 Å². The zero-order chi connectivity index (χ0) is 14.9. The van der Waals surface area contributed by atoms with Crippen LogP contribution in [0.25, 0.3) is 11.5 Å². The van der Waals surface area contributed by atoms with Gasteiger partial charge in [-0.25, -0.2) is 0 Å². The van der Waals surface area contributed by atoms with Gasteiger partial charge in [0.25, 0.3) is 0 Å². The topological polar surface area (TPSA) is 96.7 Å². The van der Waals surface area contributed by atoms with Gasteiger partial charge in [0.1, 0.15) is 11.5 Å². The van der Waals surface area contributed by atoms with Gasteiger partial charge in [-0.1, -0.05) is 6.07 Å². The van der Waals surface area contributed by atoms with Crippen molar-refractivity contribution in [3.8, 4) is 11.5 Å². The van der Waals surface area contributed by atoms with Gasteiger partial charge in [-0.05, 0) is 30.7 Å². The fourth-order valence-electron chi connectivity index (χ4n) is 2.44. The number of rotatable bonds is 4. The van der Waals surface area contributed by atoms with E-state index in [1.54, 1.807) is 12.5 Å². The first kappa shape index (κ1) is 12.8. The van der Waals surface area contributed by atoms with Crippen LogP contribution in [0.1, 0.15) is 18.1 Å². The molecule has 7 nitrogen and oxygen atoms in total. The van der Waals surface area contributed by atoms with Crippen LogP contribution in [0.2, 0.25) is 0 Å². The van der Waals surface area contributed by atoms with Gasteiger partial charge in [0.15, 0.2) is 5.82 Å². The molecule has 2 atom stereocenters. The van der Waals surface area contributed by atoms with Crippen LogP contribution in [0.5, 0.6) is 0 Å². The molecule has 0 radical (unpaired) electrons. The number of aromatic nitrogens is 4. The molecule has 0 saturated heterocycles. The van der Waals surface area contributed by atoms with Gasteiger partial charge in [-0.2, -0.15) is 4.98 Å². The van der Waals surface area contributed by atoms with Crippen LogP contribution in [-0.4, -0.2) is 26.1 Å². The highest BCUT2D eigenvalue weighted by molar-refractivity contribution is 5.93. The maximum Gasteiger partial charge on any atom is 0.249 e. The van der Waals surface area contributed by atoms with Gasteiger partial charge in [0.2, 0.25) is 11.9 Å². The van der Waals surface area contributed by atoms with Crippen molar-refractivity contribution in [2.24, 2.45) is 5.92 Å². The van der Waals surface area contributed by atoms with Gasteiger partial charge in [-0.3, -0.25) is 20.2 Å². The maximum atomic E-state index is 12.2. The minimum atomic E-state index is -0.0898. The Hall–Kier alpha value is -2.96. The fourth-order valence-corrected chi connectivity index (χ4v) is 2.44. The normalized spacial score (nSPS) is 19.8. The largest absolute Gasteiger partial charge is 0.469 e. The smallest absolute Gasteiger partial charge is 0.249 e. The molecule has 110 valence electrons. The summed E-state index contributed by atoms with van der Waals surface area (Å²) in [7, 11) is 0. The van der Waals surface area contributed by atoms with Crippen molar-refractivity contribution in [3.05, 3.63) is 48.6 Å². The number of carbonyl (C=O) groups excluding carboxylic acids is 1. The molecule has 1 amide bonds. The summed E-state index contributed by atoms with van der Waals surface area (Å²) in [5.74, 6) is 1.62. The summed E-state index contributed by atoms with van der Waals surface area (Å²) >= 11 is 0. The van der Waals surface area contributed by atoms with E-state index in [1.807, 2.05) is 30.3 Å². The van der Waals surface area contributed by atoms with Crippen molar-refractivity contribution in [2.45, 2.75) is 12.3 Å². The summed E-state index contributed by atoms with van der Waals surface area (Å²) < 4.78 is 5.32. The molecule has 3 aromatic heterocycles. The molecule has 3 aromatic rings. The number of pyridine rings is 1. The van der Waals surface area contributed by atoms with Crippen molar-refractivity contribution in [3.63, 3.8) is 0 Å². The molecule has 0 aliphatic heterocycles. The third kappa shape index (κ3) is 2.37. The fraction of sp³-hybridized carbons (Fsp3) is 0.200. The Kier molecular flexibility index (Phi) is 2.96. The highest BCUT2D eigenvalue weighted by atomic mass is 16.3. The Morgan fingerprint density at radius 1 is 1.32 bits per heavy atom. The Balaban J connectivity index is 1.42. The summed E-state index contributed by atoms with van der Waals surface area (Å²) in [4.78, 5) is 20.6. The van der Waals surface area contributed by atoms with E-state index in [2.05, 4.69) is 25.5 Å². The molecule has 0 bridgehead atoms. The summed E-state index contributed by atoms with van der Waals surface area (Å²) in [6, 6.07) is 9.23. The molecule has 0 spiro atoms. The monoisotopic (exact) mass is 295 g/mol. The molecule has 0 unspecified atom stereocenters. The second-order valence-electron chi connectivity index (χ2n) is 5.18. The summed E-state index contributed by atoms with van der Waals surface area (Å²) in [5.41, 5.74) is 0.676. The molecule has 1 saturated carbocycles. The first-order valence-electron chi connectivity index (χ1n) is 6.99. The third-order valence-corrected chi connectivity index (χ3v) is 3.66. The Morgan fingerprint density at radius 2 is 2.27 bits per heavy atom. The molecular formula is C15H13N5O2. The van der Waals surface area contributed by atoms with Gasteiger partial charge in [-0.15, -0.1) is 5.10 Å². The second-order valence-corrected chi connectivity index (χ2v) is 5.18. The van der Waals surface area contributed by atoms with Gasteiger partial charge >= 0.3 is 0 Å². The van der Waals surface area contributed by atoms with Gasteiger partial charge in [0.05, 0.1) is 6.26 Å². The van der Waals surface area contributed by atoms with Crippen molar-refractivity contribution in [1.82, 2.24) is 20.2 Å². The van der Waals surface area contributed by atoms with Crippen LogP contribution in [0.15, 0.2) is 47.2 Å². The van der Waals surface area contributed by atoms with E-state index in [-0.39, 0.29) is 23.7 Å². The lowest BCUT2D eigenvalue weighted by Gasteiger charge is -1.98. The molecule has 0 aromatic carbocycles. The van der Waals surface area contributed by atoms with E-state index in [1.165, 1.54) is 0 Å². The lowest BCUT2D eigenvalue weighted by molar-refractivity contribution is -0.117. The van der Waals surface area contributed by atoms with E-state index in [0.29, 0.717) is 11.5 Å². The van der Waals surface area contributed by atoms with E-state index in [4.69, 9.17) is 4.42 Å². The molecule has 1 aliphatic carbocycles. The van der Waals surface area contributed by atoms with Crippen LogP contribution in [0, 0.1) is 5.92 Å². The average Bonchev–Trinajstić information content (AvgIpc) is 2.97. The highest BCUT2D eigenvalue weighted by Gasteiger charge is 2.46. The number of anilines is 1. The number of amides is 1. The molecule has 2 N–H and O–H groups in total. The van der Waals surface area contributed by atoms with E-state index in [9.17, 15) is 4.79 Å². The number of hydrogen-bond acceptors (Lipinski definition) is 5. The number of carbonyl (C=O) groups is 1. The molecule has 1 fully saturated rings. The van der Waals surface area contributed by atoms with Crippen LogP contribution >= 0.6 is 0 Å². The summed E-state index contributed by atoms with van der Waals surface area (Å²) in [6.07, 6.45) is 4.09. The Bertz CT molecular complexity index is 781. The SMILES string of the molecule is O=C(Nc1n[nH]c(-c2ccccn2)n1)[C@H]1C[C@@H]1c1ccco1. The maximum absolute atomic E-state index is 12.2. The number of furan rings is 1. The van der Waals surface area contributed by atoms with E-state index >= 15 is 0 Å². The first-order valence-corrected chi connectivity index (χ1v) is 6.99. The number of hydrogen-bond donors (Lipinski definition) is 2. The zero-order valence-corrected chi connectivity index (χ0v) is 11.6. The lowest BCUT2D eigenvalue weighted by atomic mass is 10.2. The Labute approximate surface area is 125 Å². The van der Waals surface area contributed by atoms with Crippen LogP contribution in [-0.2, 0) is 4.79 Å². The van der Waals surface area contributed by atoms with E-state index < -0.39 is 0 Å². The molecule has 7 heteroatoms. The minimum absolute atomic E-state index is 0.0806. The molecule has 4 rings (SSSR count). The zero-order valence-electron chi connectivity index (χ0n) is 11.6. The van der Waals surface area contributed by atoms with Crippen molar-refractivity contribution >= 4 is 11.9 Å². The van der Waals surface area contributed by atoms with Crippen LogP contribution in [0.4, 0.5) is 5.95 Å². The minimum Gasteiger partial charge on any atom is -0.469 e. The van der Waals surface area contributed by atoms with Crippen LogP contribution < -0.4 is 5.32 Å². The number of nitrogens with one attached hydrogen (secondary N) is 2. The average molecular weight is 295 g/mol. The number of aromatic amines is 1. The highest BCUT2D eigenvalue weighted by Crippen LogP contribution is 2.48. The van der Waals surface area contributed by atoms with Crippen molar-refractivity contribution in [1.29, 1.82) is 0 Å². The molecule has 1 aliphatic rings. The third-order valence-electron chi connectivity index (χ3n) is 3.66. The number of H-pyrrole nitrogens is 1. The summed E-state index contributed by atoms with van der Waals surface area (Å²) in [6.45, 7) is 0. The van der Waals surface area contributed by atoms with E-state index in [0.717, 1.165) is 12.2 Å².